The van der Waals surface area contributed by atoms with E-state index in [2.05, 4.69) is 0 Å². The van der Waals surface area contributed by atoms with Crippen molar-refractivity contribution in [3.05, 3.63) is 82.9 Å². The maximum absolute atomic E-state index is 13.3. The van der Waals surface area contributed by atoms with E-state index in [0.717, 1.165) is 23.1 Å². The first-order valence-electron chi connectivity index (χ1n) is 11.4. The Bertz CT molecular complexity index is 1280. The number of methoxy groups -OCH3 is 2. The van der Waals surface area contributed by atoms with Crippen molar-refractivity contribution in [2.75, 3.05) is 27.6 Å². The van der Waals surface area contributed by atoms with Gasteiger partial charge in [0.05, 0.1) is 26.4 Å². The highest BCUT2D eigenvalue weighted by atomic mass is 16.7. The number of benzene rings is 3. The van der Waals surface area contributed by atoms with E-state index in [1.54, 1.807) is 7.11 Å². The minimum Gasteiger partial charge on any atom is -0.497 e. The maximum atomic E-state index is 13.3. The van der Waals surface area contributed by atoms with Crippen LogP contribution in [0.15, 0.2) is 66.2 Å². The van der Waals surface area contributed by atoms with Gasteiger partial charge in [-0.15, -0.1) is 0 Å². The number of hydrogen-bond acceptors (Lipinski definition) is 7. The normalized spacial score (nSPS) is 15.8. The van der Waals surface area contributed by atoms with E-state index in [-0.39, 0.29) is 6.79 Å². The van der Waals surface area contributed by atoms with E-state index < -0.39 is 12.1 Å². The van der Waals surface area contributed by atoms with Crippen LogP contribution in [-0.2, 0) is 9.53 Å². The third-order valence-corrected chi connectivity index (χ3v) is 5.95. The van der Waals surface area contributed by atoms with Gasteiger partial charge in [-0.3, -0.25) is 0 Å². The Morgan fingerprint density at radius 1 is 0.914 bits per heavy atom. The number of carbonyl (C=O) groups excluding carboxylic acids is 1. The van der Waals surface area contributed by atoms with Crippen molar-refractivity contribution >= 4 is 11.5 Å². The molecule has 0 fully saturated rings. The van der Waals surface area contributed by atoms with Crippen LogP contribution in [0.3, 0.4) is 0 Å². The summed E-state index contributed by atoms with van der Waals surface area (Å²) in [5.74, 6) is 2.83. The van der Waals surface area contributed by atoms with Crippen molar-refractivity contribution < 1.29 is 33.2 Å². The van der Waals surface area contributed by atoms with Gasteiger partial charge in [0.2, 0.25) is 6.79 Å². The van der Waals surface area contributed by atoms with Crippen LogP contribution in [0.4, 0.5) is 0 Å². The van der Waals surface area contributed by atoms with Crippen LogP contribution in [0.2, 0.25) is 0 Å². The van der Waals surface area contributed by atoms with Crippen molar-refractivity contribution in [2.45, 2.75) is 19.4 Å². The Hall–Kier alpha value is -4.13. The fourth-order valence-electron chi connectivity index (χ4n) is 4.27. The molecule has 2 heterocycles. The van der Waals surface area contributed by atoms with Gasteiger partial charge in [0.15, 0.2) is 17.6 Å². The van der Waals surface area contributed by atoms with E-state index in [4.69, 9.17) is 28.4 Å². The molecule has 0 bridgehead atoms. The lowest BCUT2D eigenvalue weighted by Crippen LogP contribution is -2.24. The lowest BCUT2D eigenvalue weighted by Gasteiger charge is -2.31. The van der Waals surface area contributed by atoms with Crippen LogP contribution < -0.4 is 23.7 Å². The van der Waals surface area contributed by atoms with E-state index in [0.29, 0.717) is 46.5 Å². The van der Waals surface area contributed by atoms with Gasteiger partial charge < -0.3 is 28.4 Å². The molecular weight excluding hydrogens is 448 g/mol. The topological polar surface area (TPSA) is 72.5 Å². The Morgan fingerprint density at radius 3 is 2.40 bits per heavy atom. The Labute approximate surface area is 203 Å². The molecule has 35 heavy (non-hydrogen) atoms. The summed E-state index contributed by atoms with van der Waals surface area (Å²) in [7, 11) is 2.98. The molecule has 7 heteroatoms. The van der Waals surface area contributed by atoms with Crippen LogP contribution in [0.25, 0.3) is 5.57 Å². The summed E-state index contributed by atoms with van der Waals surface area (Å²) in [4.78, 5) is 13.3. The fourth-order valence-corrected chi connectivity index (χ4v) is 4.27. The van der Waals surface area contributed by atoms with Gasteiger partial charge in [-0.25, -0.2) is 4.79 Å². The molecule has 2 aliphatic heterocycles. The van der Waals surface area contributed by atoms with E-state index in [9.17, 15) is 4.79 Å². The van der Waals surface area contributed by atoms with Crippen LogP contribution in [0.5, 0.6) is 28.7 Å². The molecule has 0 N–H and O–H groups in total. The summed E-state index contributed by atoms with van der Waals surface area (Å²) in [6.07, 6.45) is 0.189. The Balaban J connectivity index is 1.73. The first kappa shape index (κ1) is 22.7. The zero-order chi connectivity index (χ0) is 24.4. The molecule has 0 amide bonds. The van der Waals surface area contributed by atoms with Gasteiger partial charge in [-0.05, 0) is 60.0 Å². The molecule has 1 atom stereocenters. The van der Waals surface area contributed by atoms with Gasteiger partial charge in [-0.1, -0.05) is 25.1 Å². The summed E-state index contributed by atoms with van der Waals surface area (Å²) >= 11 is 0. The second-order valence-corrected chi connectivity index (χ2v) is 8.13. The molecule has 3 aromatic rings. The molecule has 0 saturated carbocycles. The highest BCUT2D eigenvalue weighted by molar-refractivity contribution is 6.05. The predicted octanol–water partition coefficient (Wildman–Crippen LogP) is 5.32. The van der Waals surface area contributed by atoms with E-state index >= 15 is 0 Å². The van der Waals surface area contributed by atoms with Crippen LogP contribution in [-0.4, -0.2) is 33.6 Å². The van der Waals surface area contributed by atoms with Crippen molar-refractivity contribution in [1.29, 1.82) is 0 Å². The van der Waals surface area contributed by atoms with Crippen molar-refractivity contribution in [2.24, 2.45) is 0 Å². The average Bonchev–Trinajstić information content (AvgIpc) is 3.38. The standard InChI is InChI=1S/C28H26O7/c1-4-13-32-20-10-12-22-21(15-20)25(18-7-11-23-24(14-18)34-16-33-23)26(28(29)31-3)27(35-22)17-5-8-19(30-2)9-6-17/h5-12,14-15,27H,4,13,16H2,1-3H3. The van der Waals surface area contributed by atoms with Crippen molar-refractivity contribution in [3.63, 3.8) is 0 Å². The van der Waals surface area contributed by atoms with Gasteiger partial charge in [0.25, 0.3) is 0 Å². The van der Waals surface area contributed by atoms with E-state index in [1.807, 2.05) is 67.6 Å². The molecule has 1 unspecified atom stereocenters. The molecular formula is C28H26O7. The highest BCUT2D eigenvalue weighted by Gasteiger charge is 2.36. The molecule has 0 aromatic heterocycles. The molecule has 0 saturated heterocycles. The van der Waals surface area contributed by atoms with Crippen LogP contribution in [0, 0.1) is 0 Å². The summed E-state index contributed by atoms with van der Waals surface area (Å²) < 4.78 is 34.0. The van der Waals surface area contributed by atoms with Crippen LogP contribution in [0.1, 0.15) is 36.1 Å². The minimum absolute atomic E-state index is 0.158. The number of rotatable bonds is 7. The molecule has 0 aliphatic carbocycles. The van der Waals surface area contributed by atoms with Crippen LogP contribution >= 0.6 is 0 Å². The fraction of sp³-hybridized carbons (Fsp3) is 0.250. The summed E-state index contributed by atoms with van der Waals surface area (Å²) in [6, 6.07) is 18.7. The summed E-state index contributed by atoms with van der Waals surface area (Å²) in [5.41, 5.74) is 3.39. The van der Waals surface area contributed by atoms with Gasteiger partial charge >= 0.3 is 5.97 Å². The van der Waals surface area contributed by atoms with E-state index in [1.165, 1.54) is 7.11 Å². The molecule has 5 rings (SSSR count). The Kier molecular flexibility index (Phi) is 6.23. The van der Waals surface area contributed by atoms with Gasteiger partial charge in [0.1, 0.15) is 17.2 Å². The number of ether oxygens (including phenoxy) is 6. The smallest absolute Gasteiger partial charge is 0.338 e. The zero-order valence-electron chi connectivity index (χ0n) is 19.8. The second kappa shape index (κ2) is 9.62. The highest BCUT2D eigenvalue weighted by Crippen LogP contribution is 2.48. The molecule has 0 radical (unpaired) electrons. The van der Waals surface area contributed by atoms with Gasteiger partial charge in [0, 0.05) is 11.1 Å². The lowest BCUT2D eigenvalue weighted by molar-refractivity contribution is -0.137. The minimum atomic E-state index is -0.691. The summed E-state index contributed by atoms with van der Waals surface area (Å²) in [5, 5.41) is 0. The second-order valence-electron chi connectivity index (χ2n) is 8.13. The molecule has 180 valence electrons. The maximum Gasteiger partial charge on any atom is 0.338 e. The SMILES string of the molecule is CCCOc1ccc2c(c1)C(c1ccc3c(c1)OCO3)=C(C(=O)OC)C(c1ccc(OC)cc1)O2. The Morgan fingerprint density at radius 2 is 1.66 bits per heavy atom. The first-order chi connectivity index (χ1) is 17.1. The predicted molar refractivity (Wildman–Crippen MR) is 129 cm³/mol. The molecule has 3 aromatic carbocycles. The van der Waals surface area contributed by atoms with Crippen molar-refractivity contribution in [3.8, 4) is 28.7 Å². The largest absolute Gasteiger partial charge is 0.497 e. The molecule has 0 spiro atoms. The van der Waals surface area contributed by atoms with Crippen molar-refractivity contribution in [1.82, 2.24) is 0 Å². The number of hydrogen-bond donors (Lipinski definition) is 0. The first-order valence-corrected chi connectivity index (χ1v) is 11.4. The average molecular weight is 475 g/mol. The third-order valence-electron chi connectivity index (χ3n) is 5.95. The monoisotopic (exact) mass is 474 g/mol. The molecule has 2 aliphatic rings. The lowest BCUT2D eigenvalue weighted by atomic mass is 9.85. The summed E-state index contributed by atoms with van der Waals surface area (Å²) in [6.45, 7) is 2.79. The zero-order valence-corrected chi connectivity index (χ0v) is 19.8. The number of carbonyl (C=O) groups is 1. The number of fused-ring (bicyclic) bond motifs is 2. The molecule has 7 nitrogen and oxygen atoms in total. The number of esters is 1. The third kappa shape index (κ3) is 4.25. The van der Waals surface area contributed by atoms with Gasteiger partial charge in [-0.2, -0.15) is 0 Å². The quantitative estimate of drug-likeness (QED) is 0.429.